The molecular weight excluding hydrogens is 235 g/mol. The molecule has 0 unspecified atom stereocenters. The molecule has 0 aliphatic heterocycles. The molecule has 3 rings (SSSR count). The van der Waals surface area contributed by atoms with E-state index in [4.69, 9.17) is 9.60 Å². The summed E-state index contributed by atoms with van der Waals surface area (Å²) in [6.45, 7) is 0. The van der Waals surface area contributed by atoms with Crippen molar-refractivity contribution in [3.05, 3.63) is 66.6 Å². The van der Waals surface area contributed by atoms with Crippen molar-refractivity contribution in [3.63, 3.8) is 0 Å². The number of fused-ring (bicyclic) bond motifs is 1. The standard InChI is InChI=1S/C16H13BO2/c18-17(19)16-9-7-13(8-10-16)15-6-5-12-3-1-2-4-14(12)11-15/h1-11,18-19H/i1D,2D,3D,4D,5D,6D,11D. The summed E-state index contributed by atoms with van der Waals surface area (Å²) in [4.78, 5) is 0. The molecule has 92 valence electrons. The van der Waals surface area contributed by atoms with Gasteiger partial charge in [-0.3, -0.25) is 0 Å². The molecule has 2 N–H and O–H groups in total. The molecule has 3 aromatic carbocycles. The van der Waals surface area contributed by atoms with Gasteiger partial charge in [0.15, 0.2) is 0 Å². The van der Waals surface area contributed by atoms with Crippen molar-refractivity contribution < 1.29 is 19.6 Å². The molecule has 0 aliphatic carbocycles. The van der Waals surface area contributed by atoms with E-state index in [-0.39, 0.29) is 39.9 Å². The smallest absolute Gasteiger partial charge is 0.423 e. The third-order valence-corrected chi connectivity index (χ3v) is 2.75. The van der Waals surface area contributed by atoms with Gasteiger partial charge in [0.05, 0.1) is 9.60 Å². The minimum Gasteiger partial charge on any atom is -0.423 e. The first-order valence-electron chi connectivity index (χ1n) is 9.13. The molecule has 2 nitrogen and oxygen atoms in total. The Kier molecular flexibility index (Phi) is 1.64. The molecule has 3 heteroatoms. The topological polar surface area (TPSA) is 40.5 Å². The van der Waals surface area contributed by atoms with Gasteiger partial charge in [-0.15, -0.1) is 0 Å². The molecule has 19 heavy (non-hydrogen) atoms. The maximum Gasteiger partial charge on any atom is 0.488 e. The van der Waals surface area contributed by atoms with Crippen LogP contribution in [0.5, 0.6) is 0 Å². The third-order valence-electron chi connectivity index (χ3n) is 2.75. The maximum absolute atomic E-state index is 9.17. The molecule has 0 saturated heterocycles. The van der Waals surface area contributed by atoms with Gasteiger partial charge in [-0.2, -0.15) is 0 Å². The molecule has 0 saturated carbocycles. The summed E-state index contributed by atoms with van der Waals surface area (Å²) in [5, 5.41) is 18.1. The monoisotopic (exact) mass is 255 g/mol. The summed E-state index contributed by atoms with van der Waals surface area (Å²) >= 11 is 0. The number of hydrogen-bond acceptors (Lipinski definition) is 2. The molecule has 0 fully saturated rings. The van der Waals surface area contributed by atoms with E-state index < -0.39 is 31.3 Å². The second-order valence-electron chi connectivity index (χ2n) is 4.00. The van der Waals surface area contributed by atoms with Crippen LogP contribution in [0.1, 0.15) is 9.60 Å². The van der Waals surface area contributed by atoms with Crippen LogP contribution in [-0.2, 0) is 0 Å². The van der Waals surface area contributed by atoms with Crippen LogP contribution in [-0.4, -0.2) is 17.2 Å². The zero-order valence-corrected chi connectivity index (χ0v) is 9.78. The van der Waals surface area contributed by atoms with Crippen molar-refractivity contribution in [2.45, 2.75) is 0 Å². The zero-order chi connectivity index (χ0) is 19.3. The normalized spacial score (nSPS) is 15.8. The van der Waals surface area contributed by atoms with E-state index in [1.807, 2.05) is 0 Å². The maximum atomic E-state index is 9.17. The highest BCUT2D eigenvalue weighted by Gasteiger charge is 2.10. The van der Waals surface area contributed by atoms with Crippen molar-refractivity contribution in [1.82, 2.24) is 0 Å². The van der Waals surface area contributed by atoms with Gasteiger partial charge >= 0.3 is 7.12 Å². The van der Waals surface area contributed by atoms with Crippen LogP contribution < -0.4 is 5.46 Å². The van der Waals surface area contributed by atoms with Crippen LogP contribution in [0.4, 0.5) is 0 Å². The molecule has 0 aromatic heterocycles. The lowest BCUT2D eigenvalue weighted by Gasteiger charge is -2.05. The zero-order valence-electron chi connectivity index (χ0n) is 16.8. The summed E-state index contributed by atoms with van der Waals surface area (Å²) in [5.74, 6) is 0. The fraction of sp³-hybridized carbons (Fsp3) is 0. The van der Waals surface area contributed by atoms with Gasteiger partial charge in [0, 0.05) is 0 Å². The fourth-order valence-corrected chi connectivity index (χ4v) is 1.75. The van der Waals surface area contributed by atoms with Crippen molar-refractivity contribution in [2.75, 3.05) is 0 Å². The second-order valence-corrected chi connectivity index (χ2v) is 4.00. The molecule has 0 aliphatic rings. The van der Waals surface area contributed by atoms with Crippen molar-refractivity contribution in [3.8, 4) is 11.1 Å². The lowest BCUT2D eigenvalue weighted by molar-refractivity contribution is 0.426. The van der Waals surface area contributed by atoms with Gasteiger partial charge in [-0.25, -0.2) is 0 Å². The van der Waals surface area contributed by atoms with E-state index in [9.17, 15) is 10.0 Å². The van der Waals surface area contributed by atoms with Crippen LogP contribution in [0.3, 0.4) is 0 Å². The lowest BCUT2D eigenvalue weighted by atomic mass is 9.80. The van der Waals surface area contributed by atoms with Crippen LogP contribution in [0.25, 0.3) is 21.9 Å². The van der Waals surface area contributed by atoms with Crippen molar-refractivity contribution >= 4 is 23.4 Å². The predicted molar refractivity (Wildman–Crippen MR) is 79.2 cm³/mol. The molecule has 0 heterocycles. The van der Waals surface area contributed by atoms with Gasteiger partial charge in [0.1, 0.15) is 0 Å². The van der Waals surface area contributed by atoms with Crippen LogP contribution in [0.15, 0.2) is 66.6 Å². The average molecular weight is 255 g/mol. The third kappa shape index (κ3) is 2.39. The summed E-state index contributed by atoms with van der Waals surface area (Å²) in [6.07, 6.45) is 0. The SMILES string of the molecule is [2H]c1c([2H])c([2H])c2c([2H])c(-c3ccc(B(O)O)cc3)c([2H])c([2H])c2c1[2H]. The van der Waals surface area contributed by atoms with Crippen LogP contribution >= 0.6 is 0 Å². The quantitative estimate of drug-likeness (QED) is 0.689. The van der Waals surface area contributed by atoms with Crippen molar-refractivity contribution in [2.24, 2.45) is 0 Å². The summed E-state index contributed by atoms with van der Waals surface area (Å²) in [5.41, 5.74) is 0.638. The minimum absolute atomic E-state index is 0.0477. The molecule has 0 bridgehead atoms. The largest absolute Gasteiger partial charge is 0.488 e. The Bertz CT molecular complexity index is 1040. The first-order chi connectivity index (χ1) is 12.2. The Balaban J connectivity index is 2.41. The van der Waals surface area contributed by atoms with Crippen molar-refractivity contribution in [1.29, 1.82) is 0 Å². The van der Waals surface area contributed by atoms with Crippen LogP contribution in [0.2, 0.25) is 0 Å². The Labute approximate surface area is 121 Å². The summed E-state index contributed by atoms with van der Waals surface area (Å²) in [6, 6.07) is 2.89. The highest BCUT2D eigenvalue weighted by Crippen LogP contribution is 2.23. The highest BCUT2D eigenvalue weighted by molar-refractivity contribution is 6.58. The van der Waals surface area contributed by atoms with Crippen LogP contribution in [0, 0.1) is 0 Å². The van der Waals surface area contributed by atoms with E-state index in [1.165, 1.54) is 24.3 Å². The minimum atomic E-state index is -1.66. The van der Waals surface area contributed by atoms with E-state index >= 15 is 0 Å². The number of rotatable bonds is 2. The first kappa shape index (κ1) is 6.37. The highest BCUT2D eigenvalue weighted by atomic mass is 16.4. The number of hydrogen-bond donors (Lipinski definition) is 2. The fourth-order valence-electron chi connectivity index (χ4n) is 1.75. The van der Waals surface area contributed by atoms with Gasteiger partial charge < -0.3 is 10.0 Å². The van der Waals surface area contributed by atoms with E-state index in [2.05, 4.69) is 0 Å². The summed E-state index contributed by atoms with van der Waals surface area (Å²) in [7, 11) is -1.66. The Hall–Kier alpha value is -2.10. The molecule has 3 aromatic rings. The van der Waals surface area contributed by atoms with Gasteiger partial charge in [-0.1, -0.05) is 60.5 Å². The van der Waals surface area contributed by atoms with E-state index in [1.54, 1.807) is 0 Å². The van der Waals surface area contributed by atoms with Gasteiger partial charge in [-0.05, 0) is 33.4 Å². The van der Waals surface area contributed by atoms with E-state index in [0.29, 0.717) is 5.56 Å². The Morgan fingerprint density at radius 1 is 0.789 bits per heavy atom. The molecule has 0 amide bonds. The number of benzene rings is 3. The average Bonchev–Trinajstić information content (AvgIpc) is 2.61. The Morgan fingerprint density at radius 3 is 2.16 bits per heavy atom. The van der Waals surface area contributed by atoms with Gasteiger partial charge in [0.2, 0.25) is 0 Å². The summed E-state index contributed by atoms with van der Waals surface area (Å²) < 4.78 is 56.4. The molecule has 0 atom stereocenters. The van der Waals surface area contributed by atoms with Gasteiger partial charge in [0.25, 0.3) is 0 Å². The Morgan fingerprint density at radius 2 is 1.47 bits per heavy atom. The van der Waals surface area contributed by atoms with E-state index in [0.717, 1.165) is 0 Å². The molecule has 0 spiro atoms. The molecular formula is C16H13BO2. The predicted octanol–water partition coefficient (Wildman–Crippen LogP) is 2.19. The second kappa shape index (κ2) is 4.88. The first-order valence-corrected chi connectivity index (χ1v) is 5.63. The molecule has 0 radical (unpaired) electrons. The lowest BCUT2D eigenvalue weighted by Crippen LogP contribution is -2.29.